The fraction of sp³-hybridized carbons (Fsp3) is 0.515. The molecule has 0 atom stereocenters. The van der Waals surface area contributed by atoms with E-state index in [-0.39, 0.29) is 12.2 Å². The zero-order chi connectivity index (χ0) is 28.6. The third-order valence-corrected chi connectivity index (χ3v) is 9.37. The molecule has 1 aliphatic heterocycles. The number of hydrogen-bond acceptors (Lipinski definition) is 5. The summed E-state index contributed by atoms with van der Waals surface area (Å²) in [5, 5.41) is 3.45. The van der Waals surface area contributed by atoms with Crippen molar-refractivity contribution < 1.29 is 14.3 Å². The van der Waals surface area contributed by atoms with Crippen molar-refractivity contribution in [2.45, 2.75) is 89.9 Å². The summed E-state index contributed by atoms with van der Waals surface area (Å²) in [6.45, 7) is 7.98. The van der Waals surface area contributed by atoms with Crippen molar-refractivity contribution in [3.63, 3.8) is 0 Å². The molecule has 0 unspecified atom stereocenters. The first kappa shape index (κ1) is 27.9. The molecule has 1 saturated heterocycles. The highest BCUT2D eigenvalue weighted by molar-refractivity contribution is 7.16. The number of piperidine rings is 1. The Labute approximate surface area is 247 Å². The van der Waals surface area contributed by atoms with E-state index in [2.05, 4.69) is 64.2 Å². The van der Waals surface area contributed by atoms with Gasteiger partial charge in [0, 0.05) is 57.0 Å². The van der Waals surface area contributed by atoms with Crippen LogP contribution in [0.25, 0.3) is 21.7 Å². The number of aryl methyl sites for hydroxylation is 3. The van der Waals surface area contributed by atoms with Crippen molar-refractivity contribution in [3.8, 4) is 17.3 Å². The third-order valence-electron chi connectivity index (χ3n) is 8.36. The fourth-order valence-corrected chi connectivity index (χ4v) is 6.70. The number of amides is 1. The van der Waals surface area contributed by atoms with E-state index in [4.69, 9.17) is 14.5 Å². The van der Waals surface area contributed by atoms with E-state index in [0.29, 0.717) is 19.0 Å². The zero-order valence-electron chi connectivity index (χ0n) is 24.8. The van der Waals surface area contributed by atoms with Crippen LogP contribution in [0.2, 0.25) is 0 Å². The second-order valence-electron chi connectivity index (χ2n) is 12.6. The van der Waals surface area contributed by atoms with Crippen molar-refractivity contribution >= 4 is 27.6 Å². The van der Waals surface area contributed by atoms with Crippen LogP contribution in [0, 0.1) is 0 Å². The summed E-state index contributed by atoms with van der Waals surface area (Å²) >= 11 is 1.79. The van der Waals surface area contributed by atoms with Crippen molar-refractivity contribution in [1.82, 2.24) is 19.0 Å². The molecule has 8 heteroatoms. The van der Waals surface area contributed by atoms with Gasteiger partial charge in [-0.2, -0.15) is 0 Å². The standard InChI is InChI=1S/C33H42N4O3S/c1-33(2,3)40-32(38)36-18-14-27(15-19-36)39-26-12-10-23(11-13-26)7-6-17-37-22-28(24-8-5-9-24)34-30(37)29-21-25-16-20-41-31(25)35(29)4/h10-13,16,20-22,24,27H,5-9,14-15,17-19H2,1-4H3. The molecule has 7 nitrogen and oxygen atoms in total. The SMILES string of the molecule is Cn1c(-c2nc(C3CCC3)cn2CCCc2ccc(OC3CCN(C(=O)OC(C)(C)C)CC3)cc2)cc2ccsc21. The van der Waals surface area contributed by atoms with Crippen LogP contribution in [-0.2, 0) is 24.8 Å². The Bertz CT molecular complexity index is 1480. The number of thiophene rings is 1. The van der Waals surface area contributed by atoms with Crippen LogP contribution < -0.4 is 4.74 Å². The number of nitrogens with zero attached hydrogens (tertiary/aromatic N) is 4. The molecule has 6 rings (SSSR count). The normalized spacial score (nSPS) is 16.7. The molecule has 1 saturated carbocycles. The third kappa shape index (κ3) is 6.32. The predicted molar refractivity (Wildman–Crippen MR) is 165 cm³/mol. The van der Waals surface area contributed by atoms with Gasteiger partial charge in [0.2, 0.25) is 0 Å². The minimum atomic E-state index is -0.467. The van der Waals surface area contributed by atoms with Gasteiger partial charge in [-0.25, -0.2) is 9.78 Å². The number of carbonyl (C=O) groups excluding carboxylic acids is 1. The Kier molecular flexibility index (Phi) is 7.86. The molecule has 0 bridgehead atoms. The molecule has 218 valence electrons. The van der Waals surface area contributed by atoms with Gasteiger partial charge in [-0.05, 0) is 81.7 Å². The molecular formula is C33H42N4O3S. The number of imidazole rings is 1. The summed E-state index contributed by atoms with van der Waals surface area (Å²) in [6, 6.07) is 13.0. The van der Waals surface area contributed by atoms with Gasteiger partial charge in [-0.3, -0.25) is 0 Å². The molecule has 4 heterocycles. The molecule has 0 N–H and O–H groups in total. The van der Waals surface area contributed by atoms with Crippen LogP contribution in [-0.4, -0.2) is 49.9 Å². The lowest BCUT2D eigenvalue weighted by molar-refractivity contribution is 0.0126. The summed E-state index contributed by atoms with van der Waals surface area (Å²) in [7, 11) is 2.16. The second kappa shape index (κ2) is 11.6. The highest BCUT2D eigenvalue weighted by Gasteiger charge is 2.28. The molecule has 3 aromatic heterocycles. The Balaban J connectivity index is 1.03. The lowest BCUT2D eigenvalue weighted by Crippen LogP contribution is -2.44. The number of fused-ring (bicyclic) bond motifs is 1. The van der Waals surface area contributed by atoms with E-state index in [0.717, 1.165) is 43.8 Å². The topological polar surface area (TPSA) is 61.5 Å². The molecule has 1 aromatic carbocycles. The van der Waals surface area contributed by atoms with Crippen LogP contribution in [0.4, 0.5) is 4.79 Å². The number of hydrogen-bond donors (Lipinski definition) is 0. The molecule has 4 aromatic rings. The first-order valence-electron chi connectivity index (χ1n) is 15.1. The Morgan fingerprint density at radius 3 is 2.49 bits per heavy atom. The summed E-state index contributed by atoms with van der Waals surface area (Å²) in [5.41, 5.74) is 3.31. The van der Waals surface area contributed by atoms with Crippen LogP contribution in [0.1, 0.15) is 76.5 Å². The summed E-state index contributed by atoms with van der Waals surface area (Å²) in [6.07, 6.45) is 9.73. The van der Waals surface area contributed by atoms with Crippen LogP contribution in [0.5, 0.6) is 5.75 Å². The van der Waals surface area contributed by atoms with E-state index in [1.54, 1.807) is 16.2 Å². The Hall–Kier alpha value is -3.26. The van der Waals surface area contributed by atoms with Gasteiger partial charge in [-0.1, -0.05) is 18.6 Å². The van der Waals surface area contributed by atoms with E-state index in [9.17, 15) is 4.79 Å². The first-order valence-corrected chi connectivity index (χ1v) is 16.0. The average Bonchev–Trinajstić information content (AvgIpc) is 3.60. The average molecular weight is 575 g/mol. The lowest BCUT2D eigenvalue weighted by atomic mass is 9.83. The van der Waals surface area contributed by atoms with E-state index in [1.807, 2.05) is 20.8 Å². The molecule has 0 radical (unpaired) electrons. The molecule has 2 aliphatic rings. The summed E-state index contributed by atoms with van der Waals surface area (Å²) in [4.78, 5) is 20.6. The molecular weight excluding hydrogens is 532 g/mol. The highest BCUT2D eigenvalue weighted by atomic mass is 32.1. The van der Waals surface area contributed by atoms with Gasteiger partial charge in [0.05, 0.1) is 11.4 Å². The van der Waals surface area contributed by atoms with Crippen LogP contribution >= 0.6 is 11.3 Å². The number of likely N-dealkylation sites (tertiary alicyclic amines) is 1. The van der Waals surface area contributed by atoms with E-state index in [1.165, 1.54) is 46.4 Å². The molecule has 1 aliphatic carbocycles. The second-order valence-corrected chi connectivity index (χ2v) is 13.5. The summed E-state index contributed by atoms with van der Waals surface area (Å²) < 4.78 is 16.4. The maximum Gasteiger partial charge on any atom is 0.410 e. The van der Waals surface area contributed by atoms with Crippen LogP contribution in [0.15, 0.2) is 48.0 Å². The van der Waals surface area contributed by atoms with Gasteiger partial charge in [0.25, 0.3) is 0 Å². The minimum Gasteiger partial charge on any atom is -0.490 e. The van der Waals surface area contributed by atoms with Crippen molar-refractivity contribution in [3.05, 3.63) is 59.2 Å². The number of carbonyl (C=O) groups is 1. The first-order chi connectivity index (χ1) is 19.7. The smallest absolute Gasteiger partial charge is 0.410 e. The summed E-state index contributed by atoms with van der Waals surface area (Å²) in [5.74, 6) is 2.61. The van der Waals surface area contributed by atoms with Gasteiger partial charge in [-0.15, -0.1) is 11.3 Å². The Morgan fingerprint density at radius 2 is 1.83 bits per heavy atom. The van der Waals surface area contributed by atoms with Gasteiger partial charge in [0.15, 0.2) is 5.82 Å². The van der Waals surface area contributed by atoms with Crippen molar-refractivity contribution in [1.29, 1.82) is 0 Å². The Morgan fingerprint density at radius 1 is 1.07 bits per heavy atom. The molecule has 41 heavy (non-hydrogen) atoms. The molecule has 2 fully saturated rings. The van der Waals surface area contributed by atoms with E-state index >= 15 is 0 Å². The number of ether oxygens (including phenoxy) is 2. The highest BCUT2D eigenvalue weighted by Crippen LogP contribution is 2.38. The molecule has 0 spiro atoms. The van der Waals surface area contributed by atoms with Crippen molar-refractivity contribution in [2.75, 3.05) is 13.1 Å². The monoisotopic (exact) mass is 574 g/mol. The maximum atomic E-state index is 12.3. The van der Waals surface area contributed by atoms with Gasteiger partial charge >= 0.3 is 6.09 Å². The van der Waals surface area contributed by atoms with Gasteiger partial charge < -0.3 is 23.5 Å². The minimum absolute atomic E-state index is 0.122. The molecule has 1 amide bonds. The maximum absolute atomic E-state index is 12.3. The number of rotatable bonds is 8. The van der Waals surface area contributed by atoms with Crippen LogP contribution in [0.3, 0.4) is 0 Å². The lowest BCUT2D eigenvalue weighted by Gasteiger charge is -2.33. The fourth-order valence-electron chi connectivity index (χ4n) is 5.84. The predicted octanol–water partition coefficient (Wildman–Crippen LogP) is 7.78. The number of aromatic nitrogens is 3. The zero-order valence-corrected chi connectivity index (χ0v) is 25.6. The van der Waals surface area contributed by atoms with Gasteiger partial charge in [0.1, 0.15) is 22.3 Å². The number of benzene rings is 1. The largest absolute Gasteiger partial charge is 0.490 e. The van der Waals surface area contributed by atoms with Crippen molar-refractivity contribution in [2.24, 2.45) is 7.05 Å². The van der Waals surface area contributed by atoms with E-state index < -0.39 is 5.60 Å². The quantitative estimate of drug-likeness (QED) is 0.216.